The van der Waals surface area contributed by atoms with Crippen LogP contribution in [0, 0.1) is 5.92 Å². The molecule has 0 spiro atoms. The van der Waals surface area contributed by atoms with Gasteiger partial charge in [-0.15, -0.1) is 11.8 Å². The molecule has 0 heterocycles. The van der Waals surface area contributed by atoms with Gasteiger partial charge in [0.25, 0.3) is 0 Å². The molecule has 0 aliphatic heterocycles. The third kappa shape index (κ3) is 4.15. The lowest BCUT2D eigenvalue weighted by atomic mass is 10.1. The first-order chi connectivity index (χ1) is 11.2. The summed E-state index contributed by atoms with van der Waals surface area (Å²) in [5.41, 5.74) is 4.77. The van der Waals surface area contributed by atoms with Gasteiger partial charge in [-0.2, -0.15) is 5.10 Å². The Morgan fingerprint density at radius 3 is 2.83 bits per heavy atom. The smallest absolute Gasteiger partial charge is 0.243 e. The van der Waals surface area contributed by atoms with Crippen LogP contribution >= 0.6 is 23.4 Å². The quantitative estimate of drug-likeness (QED) is 0.498. The van der Waals surface area contributed by atoms with E-state index in [2.05, 4.69) is 10.5 Å². The fraction of sp³-hybridized carbons (Fsp3) is 0.222. The van der Waals surface area contributed by atoms with Gasteiger partial charge in [0.15, 0.2) is 0 Å². The average molecular weight is 345 g/mol. The zero-order valence-electron chi connectivity index (χ0n) is 12.7. The molecule has 3 nitrogen and oxygen atoms in total. The van der Waals surface area contributed by atoms with Crippen molar-refractivity contribution < 1.29 is 4.79 Å². The zero-order valence-corrected chi connectivity index (χ0v) is 14.3. The molecule has 1 N–H and O–H groups in total. The number of thioether (sulfide) groups is 1. The standard InChI is InChI=1S/C18H17ClN2OS/c1-23-15-4-2-3-12(9-15)11-20-21-18(22)17-10-16(17)13-5-7-14(19)8-6-13/h2-9,11,16-17H,10H2,1H3,(H,21,22). The van der Waals surface area contributed by atoms with E-state index >= 15 is 0 Å². The fourth-order valence-electron chi connectivity index (χ4n) is 2.54. The average Bonchev–Trinajstić information content (AvgIpc) is 3.36. The number of amides is 1. The summed E-state index contributed by atoms with van der Waals surface area (Å²) in [7, 11) is 0. The molecule has 1 fully saturated rings. The molecule has 0 saturated heterocycles. The SMILES string of the molecule is CSc1cccc(C=NNC(=O)C2CC2c2ccc(Cl)cc2)c1. The highest BCUT2D eigenvalue weighted by Crippen LogP contribution is 2.47. The van der Waals surface area contributed by atoms with Crippen molar-refractivity contribution in [2.24, 2.45) is 11.0 Å². The van der Waals surface area contributed by atoms with E-state index in [1.807, 2.05) is 54.8 Å². The van der Waals surface area contributed by atoms with Crippen molar-refractivity contribution in [3.8, 4) is 0 Å². The number of rotatable bonds is 5. The molecule has 1 amide bonds. The van der Waals surface area contributed by atoms with Crippen molar-refractivity contribution in [3.05, 3.63) is 64.7 Å². The molecule has 0 aromatic heterocycles. The van der Waals surface area contributed by atoms with Crippen LogP contribution in [-0.2, 0) is 4.79 Å². The molecule has 1 saturated carbocycles. The van der Waals surface area contributed by atoms with E-state index in [1.54, 1.807) is 18.0 Å². The fourth-order valence-corrected chi connectivity index (χ4v) is 3.13. The second kappa shape index (κ2) is 7.20. The Morgan fingerprint density at radius 1 is 1.30 bits per heavy atom. The predicted octanol–water partition coefficient (Wildman–Crippen LogP) is 4.32. The number of nitrogens with one attached hydrogen (secondary N) is 1. The Balaban J connectivity index is 1.54. The van der Waals surface area contributed by atoms with Gasteiger partial charge in [-0.05, 0) is 54.0 Å². The van der Waals surface area contributed by atoms with Gasteiger partial charge in [-0.1, -0.05) is 35.9 Å². The molecule has 3 rings (SSSR count). The van der Waals surface area contributed by atoms with Gasteiger partial charge in [0.2, 0.25) is 5.91 Å². The van der Waals surface area contributed by atoms with Crippen molar-refractivity contribution in [1.29, 1.82) is 0 Å². The number of nitrogens with zero attached hydrogens (tertiary/aromatic N) is 1. The van der Waals surface area contributed by atoms with Crippen LogP contribution in [-0.4, -0.2) is 18.4 Å². The van der Waals surface area contributed by atoms with Gasteiger partial charge in [-0.3, -0.25) is 4.79 Å². The van der Waals surface area contributed by atoms with Crippen LogP contribution in [0.5, 0.6) is 0 Å². The molecule has 118 valence electrons. The highest BCUT2D eigenvalue weighted by atomic mass is 35.5. The molecule has 5 heteroatoms. The number of hydrogen-bond donors (Lipinski definition) is 1. The van der Waals surface area contributed by atoms with E-state index in [-0.39, 0.29) is 17.7 Å². The van der Waals surface area contributed by atoms with E-state index in [1.165, 1.54) is 4.90 Å². The van der Waals surface area contributed by atoms with Gasteiger partial charge in [-0.25, -0.2) is 5.43 Å². The van der Waals surface area contributed by atoms with Crippen LogP contribution in [0.25, 0.3) is 0 Å². The molecule has 0 radical (unpaired) electrons. The van der Waals surface area contributed by atoms with E-state index in [9.17, 15) is 4.79 Å². The van der Waals surface area contributed by atoms with Crippen LogP contribution in [0.3, 0.4) is 0 Å². The summed E-state index contributed by atoms with van der Waals surface area (Å²) >= 11 is 7.56. The minimum absolute atomic E-state index is 0.00542. The van der Waals surface area contributed by atoms with Crippen molar-refractivity contribution >= 4 is 35.5 Å². The molecule has 2 aromatic rings. The van der Waals surface area contributed by atoms with Gasteiger partial charge < -0.3 is 0 Å². The van der Waals surface area contributed by atoms with E-state index in [0.717, 1.165) is 17.5 Å². The minimum atomic E-state index is -0.0257. The summed E-state index contributed by atoms with van der Waals surface area (Å²) in [4.78, 5) is 13.3. The Labute approximate surface area is 145 Å². The van der Waals surface area contributed by atoms with Crippen molar-refractivity contribution in [2.75, 3.05) is 6.26 Å². The Hall–Kier alpha value is -1.78. The molecular weight excluding hydrogens is 328 g/mol. The number of benzene rings is 2. The topological polar surface area (TPSA) is 41.5 Å². The van der Waals surface area contributed by atoms with Gasteiger partial charge in [0.1, 0.15) is 0 Å². The second-order valence-corrected chi connectivity index (χ2v) is 6.83. The van der Waals surface area contributed by atoms with Crippen LogP contribution < -0.4 is 5.43 Å². The lowest BCUT2D eigenvalue weighted by molar-refractivity contribution is -0.122. The Kier molecular flexibility index (Phi) is 5.03. The maximum atomic E-state index is 12.1. The molecule has 2 unspecified atom stereocenters. The lowest BCUT2D eigenvalue weighted by Crippen LogP contribution is -2.20. The molecule has 1 aliphatic rings. The number of hydrazone groups is 1. The maximum Gasteiger partial charge on any atom is 0.243 e. The molecule has 2 aromatic carbocycles. The molecule has 23 heavy (non-hydrogen) atoms. The van der Waals surface area contributed by atoms with Crippen molar-refractivity contribution in [2.45, 2.75) is 17.2 Å². The monoisotopic (exact) mass is 344 g/mol. The molecule has 2 atom stereocenters. The predicted molar refractivity (Wildman–Crippen MR) is 96.3 cm³/mol. The summed E-state index contributed by atoms with van der Waals surface area (Å²) in [5.74, 6) is 0.260. The van der Waals surface area contributed by atoms with Crippen LogP contribution in [0.2, 0.25) is 5.02 Å². The van der Waals surface area contributed by atoms with Crippen LogP contribution in [0.15, 0.2) is 58.5 Å². The molecule has 0 bridgehead atoms. The highest BCUT2D eigenvalue weighted by Gasteiger charge is 2.43. The largest absolute Gasteiger partial charge is 0.273 e. The normalized spacial score (nSPS) is 19.7. The lowest BCUT2D eigenvalue weighted by Gasteiger charge is -2.01. The number of carbonyl (C=O) groups excluding carboxylic acids is 1. The van der Waals surface area contributed by atoms with E-state index < -0.39 is 0 Å². The van der Waals surface area contributed by atoms with E-state index in [4.69, 9.17) is 11.6 Å². The first-order valence-electron chi connectivity index (χ1n) is 7.40. The maximum absolute atomic E-state index is 12.1. The minimum Gasteiger partial charge on any atom is -0.273 e. The first-order valence-corrected chi connectivity index (χ1v) is 9.00. The van der Waals surface area contributed by atoms with Crippen molar-refractivity contribution in [1.82, 2.24) is 5.43 Å². The summed E-state index contributed by atoms with van der Waals surface area (Å²) in [6.07, 6.45) is 4.57. The third-order valence-corrected chi connectivity index (χ3v) is 4.88. The van der Waals surface area contributed by atoms with E-state index in [0.29, 0.717) is 5.02 Å². The Morgan fingerprint density at radius 2 is 2.09 bits per heavy atom. The number of carbonyl (C=O) groups is 1. The summed E-state index contributed by atoms with van der Waals surface area (Å²) in [6, 6.07) is 15.7. The zero-order chi connectivity index (χ0) is 16.2. The molecule has 1 aliphatic carbocycles. The van der Waals surface area contributed by atoms with Crippen LogP contribution in [0.4, 0.5) is 0 Å². The number of hydrogen-bond acceptors (Lipinski definition) is 3. The van der Waals surface area contributed by atoms with Crippen molar-refractivity contribution in [3.63, 3.8) is 0 Å². The third-order valence-electron chi connectivity index (χ3n) is 3.91. The van der Waals surface area contributed by atoms with Gasteiger partial charge >= 0.3 is 0 Å². The summed E-state index contributed by atoms with van der Waals surface area (Å²) in [6.45, 7) is 0. The highest BCUT2D eigenvalue weighted by molar-refractivity contribution is 7.98. The summed E-state index contributed by atoms with van der Waals surface area (Å²) < 4.78 is 0. The Bertz CT molecular complexity index is 730. The second-order valence-electron chi connectivity index (χ2n) is 5.51. The summed E-state index contributed by atoms with van der Waals surface area (Å²) in [5, 5.41) is 4.78. The van der Waals surface area contributed by atoms with Gasteiger partial charge in [0, 0.05) is 15.8 Å². The molecular formula is C18H17ClN2OS. The number of halogens is 1. The first kappa shape index (κ1) is 16.1. The van der Waals surface area contributed by atoms with Gasteiger partial charge in [0.05, 0.1) is 6.21 Å². The van der Waals surface area contributed by atoms with Crippen LogP contribution in [0.1, 0.15) is 23.5 Å².